The number of hydrogen-bond donors (Lipinski definition) is 2. The van der Waals surface area contributed by atoms with Crippen LogP contribution in [0.3, 0.4) is 0 Å². The Morgan fingerprint density at radius 2 is 1.87 bits per heavy atom. The van der Waals surface area contributed by atoms with Crippen molar-refractivity contribution in [3.05, 3.63) is 69.8 Å². The summed E-state index contributed by atoms with van der Waals surface area (Å²) in [6, 6.07) is 15.4. The molecule has 0 spiro atoms. The van der Waals surface area contributed by atoms with Gasteiger partial charge in [-0.15, -0.1) is 0 Å². The maximum Gasteiger partial charge on any atom is 0.229 e. The molecule has 0 unspecified atom stereocenters. The molecule has 2 N–H and O–H groups in total. The molecule has 0 aliphatic heterocycles. The van der Waals surface area contributed by atoms with E-state index in [4.69, 9.17) is 11.6 Å². The van der Waals surface area contributed by atoms with Gasteiger partial charge >= 0.3 is 0 Å². The molecule has 0 amide bonds. The SMILES string of the molecule is Cc1c(Cl)cccc1Nc1nccc(Nc2cccc(Br)c2)n1. The lowest BCUT2D eigenvalue weighted by Gasteiger charge is -2.11. The van der Waals surface area contributed by atoms with Crippen LogP contribution in [0.1, 0.15) is 5.56 Å². The molecule has 0 fully saturated rings. The second kappa shape index (κ2) is 6.98. The molecule has 0 atom stereocenters. The predicted molar refractivity (Wildman–Crippen MR) is 98.9 cm³/mol. The standard InChI is InChI=1S/C17H14BrClN4/c1-11-14(19)6-3-7-15(11)22-17-20-9-8-16(23-17)21-13-5-2-4-12(18)10-13/h2-10H,1H3,(H2,20,21,22,23). The van der Waals surface area contributed by atoms with Crippen LogP contribution in [-0.4, -0.2) is 9.97 Å². The van der Waals surface area contributed by atoms with Crippen molar-refractivity contribution in [1.82, 2.24) is 9.97 Å². The summed E-state index contributed by atoms with van der Waals surface area (Å²) in [5.41, 5.74) is 2.79. The van der Waals surface area contributed by atoms with Crippen LogP contribution >= 0.6 is 27.5 Å². The van der Waals surface area contributed by atoms with Crippen LogP contribution in [0.15, 0.2) is 59.2 Å². The zero-order chi connectivity index (χ0) is 16.2. The highest BCUT2D eigenvalue weighted by Gasteiger charge is 2.05. The summed E-state index contributed by atoms with van der Waals surface area (Å²) in [5.74, 6) is 1.22. The quantitative estimate of drug-likeness (QED) is 0.602. The fourth-order valence-electron chi connectivity index (χ4n) is 2.07. The Balaban J connectivity index is 1.81. The lowest BCUT2D eigenvalue weighted by molar-refractivity contribution is 1.16. The molecule has 23 heavy (non-hydrogen) atoms. The van der Waals surface area contributed by atoms with Crippen molar-refractivity contribution in [1.29, 1.82) is 0 Å². The molecule has 0 radical (unpaired) electrons. The molecule has 6 heteroatoms. The van der Waals surface area contributed by atoms with Gasteiger partial charge in [-0.3, -0.25) is 0 Å². The highest BCUT2D eigenvalue weighted by Crippen LogP contribution is 2.25. The molecule has 0 saturated carbocycles. The number of benzene rings is 2. The summed E-state index contributed by atoms with van der Waals surface area (Å²) in [4.78, 5) is 8.72. The average Bonchev–Trinajstić information content (AvgIpc) is 2.52. The molecule has 1 aromatic heterocycles. The number of halogens is 2. The topological polar surface area (TPSA) is 49.8 Å². The van der Waals surface area contributed by atoms with Crippen LogP contribution in [0.25, 0.3) is 0 Å². The lowest BCUT2D eigenvalue weighted by atomic mass is 10.2. The number of aromatic nitrogens is 2. The summed E-state index contributed by atoms with van der Waals surface area (Å²) in [6.45, 7) is 1.95. The predicted octanol–water partition coefficient (Wildman–Crippen LogP) is 5.69. The Morgan fingerprint density at radius 1 is 1.04 bits per heavy atom. The van der Waals surface area contributed by atoms with Crippen molar-refractivity contribution in [2.75, 3.05) is 10.6 Å². The van der Waals surface area contributed by atoms with Crippen molar-refractivity contribution < 1.29 is 0 Å². The van der Waals surface area contributed by atoms with E-state index in [-0.39, 0.29) is 0 Å². The Bertz CT molecular complexity index is 838. The number of hydrogen-bond acceptors (Lipinski definition) is 4. The summed E-state index contributed by atoms with van der Waals surface area (Å²) in [6.07, 6.45) is 1.70. The first-order valence-corrected chi connectivity index (χ1v) is 8.17. The summed E-state index contributed by atoms with van der Waals surface area (Å²) in [7, 11) is 0. The number of anilines is 4. The summed E-state index contributed by atoms with van der Waals surface area (Å²) < 4.78 is 1.00. The van der Waals surface area contributed by atoms with E-state index < -0.39 is 0 Å². The van der Waals surface area contributed by atoms with Crippen LogP contribution in [-0.2, 0) is 0 Å². The van der Waals surface area contributed by atoms with E-state index in [1.165, 1.54) is 0 Å². The second-order valence-corrected chi connectivity index (χ2v) is 6.26. The minimum atomic E-state index is 0.510. The van der Waals surface area contributed by atoms with E-state index >= 15 is 0 Å². The third-order valence-corrected chi connectivity index (χ3v) is 4.17. The van der Waals surface area contributed by atoms with Crippen molar-refractivity contribution in [3.8, 4) is 0 Å². The fraction of sp³-hybridized carbons (Fsp3) is 0.0588. The van der Waals surface area contributed by atoms with E-state index in [9.17, 15) is 0 Å². The molecule has 4 nitrogen and oxygen atoms in total. The van der Waals surface area contributed by atoms with E-state index in [0.717, 1.165) is 21.4 Å². The zero-order valence-electron chi connectivity index (χ0n) is 12.3. The van der Waals surface area contributed by atoms with Gasteiger partial charge in [0.15, 0.2) is 0 Å². The van der Waals surface area contributed by atoms with E-state index in [0.29, 0.717) is 16.8 Å². The van der Waals surface area contributed by atoms with Crippen LogP contribution in [0.5, 0.6) is 0 Å². The smallest absolute Gasteiger partial charge is 0.229 e. The van der Waals surface area contributed by atoms with Gasteiger partial charge in [-0.25, -0.2) is 4.98 Å². The van der Waals surface area contributed by atoms with Gasteiger partial charge in [-0.05, 0) is 48.9 Å². The Kier molecular flexibility index (Phi) is 4.79. The minimum Gasteiger partial charge on any atom is -0.340 e. The molecular formula is C17H14BrClN4. The van der Waals surface area contributed by atoms with Gasteiger partial charge in [0.1, 0.15) is 5.82 Å². The highest BCUT2D eigenvalue weighted by molar-refractivity contribution is 9.10. The number of nitrogens with zero attached hydrogens (tertiary/aromatic N) is 2. The van der Waals surface area contributed by atoms with E-state index in [1.54, 1.807) is 6.20 Å². The molecule has 3 aromatic rings. The molecule has 0 aliphatic rings. The van der Waals surface area contributed by atoms with Gasteiger partial charge in [-0.1, -0.05) is 39.7 Å². The first kappa shape index (κ1) is 15.8. The Morgan fingerprint density at radius 3 is 2.70 bits per heavy atom. The Hall–Kier alpha value is -2.11. The van der Waals surface area contributed by atoms with Crippen molar-refractivity contribution >= 4 is 50.7 Å². The maximum absolute atomic E-state index is 6.14. The molecule has 0 aliphatic carbocycles. The largest absolute Gasteiger partial charge is 0.340 e. The van der Waals surface area contributed by atoms with Gasteiger partial charge in [-0.2, -0.15) is 4.98 Å². The first-order chi connectivity index (χ1) is 11.1. The van der Waals surface area contributed by atoms with Gasteiger partial charge in [0.25, 0.3) is 0 Å². The van der Waals surface area contributed by atoms with Gasteiger partial charge in [0.2, 0.25) is 5.95 Å². The molecule has 1 heterocycles. The van der Waals surface area contributed by atoms with Crippen molar-refractivity contribution in [2.24, 2.45) is 0 Å². The van der Waals surface area contributed by atoms with Crippen LogP contribution in [0.4, 0.5) is 23.1 Å². The van der Waals surface area contributed by atoms with Gasteiger partial charge in [0, 0.05) is 27.1 Å². The zero-order valence-corrected chi connectivity index (χ0v) is 14.7. The van der Waals surface area contributed by atoms with Crippen molar-refractivity contribution in [3.63, 3.8) is 0 Å². The first-order valence-electron chi connectivity index (χ1n) is 6.99. The Labute approximate surface area is 148 Å². The molecule has 0 saturated heterocycles. The van der Waals surface area contributed by atoms with Gasteiger partial charge < -0.3 is 10.6 Å². The third-order valence-electron chi connectivity index (χ3n) is 3.27. The lowest BCUT2D eigenvalue weighted by Crippen LogP contribution is -2.01. The molecule has 2 aromatic carbocycles. The normalized spacial score (nSPS) is 10.4. The van der Waals surface area contributed by atoms with Crippen LogP contribution in [0.2, 0.25) is 5.02 Å². The molecule has 3 rings (SSSR count). The summed E-state index contributed by atoms with van der Waals surface area (Å²) >= 11 is 9.59. The van der Waals surface area contributed by atoms with Crippen LogP contribution in [0, 0.1) is 6.92 Å². The number of nitrogens with one attached hydrogen (secondary N) is 2. The van der Waals surface area contributed by atoms with Crippen molar-refractivity contribution in [2.45, 2.75) is 6.92 Å². The van der Waals surface area contributed by atoms with E-state index in [2.05, 4.69) is 36.5 Å². The van der Waals surface area contributed by atoms with Crippen LogP contribution < -0.4 is 10.6 Å². The number of rotatable bonds is 4. The average molecular weight is 390 g/mol. The van der Waals surface area contributed by atoms with E-state index in [1.807, 2.05) is 55.5 Å². The van der Waals surface area contributed by atoms with Gasteiger partial charge in [0.05, 0.1) is 0 Å². The highest BCUT2D eigenvalue weighted by atomic mass is 79.9. The maximum atomic E-state index is 6.14. The summed E-state index contributed by atoms with van der Waals surface area (Å²) in [5, 5.41) is 7.15. The molecule has 116 valence electrons. The third kappa shape index (κ3) is 4.00. The second-order valence-electron chi connectivity index (χ2n) is 4.94. The fourth-order valence-corrected chi connectivity index (χ4v) is 2.64. The molecular weight excluding hydrogens is 376 g/mol. The monoisotopic (exact) mass is 388 g/mol. The molecule has 0 bridgehead atoms. The minimum absolute atomic E-state index is 0.510.